The van der Waals surface area contributed by atoms with Gasteiger partial charge in [0.1, 0.15) is 0 Å². The summed E-state index contributed by atoms with van der Waals surface area (Å²) in [7, 11) is 0. The molecule has 0 fully saturated rings. The van der Waals surface area contributed by atoms with E-state index in [0.29, 0.717) is 0 Å². The maximum absolute atomic E-state index is 6.14. The molecule has 1 N–H and O–H groups in total. The molecule has 0 spiro atoms. The fourth-order valence-electron chi connectivity index (χ4n) is 2.11. The van der Waals surface area contributed by atoms with Crippen LogP contribution < -0.4 is 5.32 Å². The second kappa shape index (κ2) is 3.80. The van der Waals surface area contributed by atoms with Crippen molar-refractivity contribution in [3.63, 3.8) is 0 Å². The highest BCUT2D eigenvalue weighted by molar-refractivity contribution is 6.33. The molecule has 1 atom stereocenters. The summed E-state index contributed by atoms with van der Waals surface area (Å²) in [6.45, 7) is 0. The van der Waals surface area contributed by atoms with Gasteiger partial charge < -0.3 is 5.32 Å². The van der Waals surface area contributed by atoms with Crippen LogP contribution >= 0.6 is 11.6 Å². The maximum Gasteiger partial charge on any atom is 0.0726 e. The minimum atomic E-state index is 0.246. The molecule has 2 heterocycles. The molecule has 1 aliphatic heterocycles. The van der Waals surface area contributed by atoms with E-state index in [1.54, 1.807) is 0 Å². The van der Waals surface area contributed by atoms with Gasteiger partial charge in [-0.3, -0.25) is 4.98 Å². The van der Waals surface area contributed by atoms with Crippen molar-refractivity contribution in [3.8, 4) is 0 Å². The molecule has 0 saturated heterocycles. The molecule has 1 aromatic carbocycles. The van der Waals surface area contributed by atoms with Crippen LogP contribution in [0.4, 0.5) is 5.69 Å². The topological polar surface area (TPSA) is 24.9 Å². The lowest BCUT2D eigenvalue weighted by Crippen LogP contribution is -2.07. The van der Waals surface area contributed by atoms with Crippen LogP contribution in [0.5, 0.6) is 0 Å². The second-order valence-corrected chi connectivity index (χ2v) is 4.34. The number of fused-ring (bicyclic) bond motifs is 1. The predicted molar refractivity (Wildman–Crippen MR) is 65.8 cm³/mol. The third-order valence-electron chi connectivity index (χ3n) is 2.89. The molecule has 3 heteroatoms. The Morgan fingerprint density at radius 3 is 2.88 bits per heavy atom. The van der Waals surface area contributed by atoms with E-state index in [9.17, 15) is 0 Å². The van der Waals surface area contributed by atoms with E-state index in [1.165, 1.54) is 5.56 Å². The molecule has 16 heavy (non-hydrogen) atoms. The van der Waals surface area contributed by atoms with Gasteiger partial charge in [0.05, 0.1) is 22.4 Å². The number of benzene rings is 1. The van der Waals surface area contributed by atoms with Gasteiger partial charge in [-0.25, -0.2) is 0 Å². The van der Waals surface area contributed by atoms with E-state index in [4.69, 9.17) is 11.6 Å². The first-order valence-corrected chi connectivity index (χ1v) is 5.67. The van der Waals surface area contributed by atoms with E-state index in [1.807, 2.05) is 36.5 Å². The van der Waals surface area contributed by atoms with Crippen molar-refractivity contribution in [2.45, 2.75) is 12.5 Å². The van der Waals surface area contributed by atoms with Gasteiger partial charge >= 0.3 is 0 Å². The van der Waals surface area contributed by atoms with Crippen LogP contribution in [0.25, 0.3) is 0 Å². The molecule has 1 unspecified atom stereocenters. The molecule has 0 aliphatic carbocycles. The SMILES string of the molecule is Clc1cccc2c1NC(c1ccccn1)C2. The van der Waals surface area contributed by atoms with E-state index in [-0.39, 0.29) is 6.04 Å². The molecule has 1 aliphatic rings. The van der Waals surface area contributed by atoms with Crippen LogP contribution in [0.3, 0.4) is 0 Å². The lowest BCUT2D eigenvalue weighted by atomic mass is 10.1. The number of pyridine rings is 1. The number of nitrogens with one attached hydrogen (secondary N) is 1. The van der Waals surface area contributed by atoms with Gasteiger partial charge in [-0.05, 0) is 23.8 Å². The van der Waals surface area contributed by atoms with Crippen LogP contribution in [0.15, 0.2) is 42.6 Å². The molecule has 0 radical (unpaired) electrons. The maximum atomic E-state index is 6.14. The number of anilines is 1. The fourth-order valence-corrected chi connectivity index (χ4v) is 2.35. The van der Waals surface area contributed by atoms with Crippen molar-refractivity contribution >= 4 is 17.3 Å². The first-order chi connectivity index (χ1) is 7.84. The lowest BCUT2D eigenvalue weighted by Gasteiger charge is -2.10. The van der Waals surface area contributed by atoms with Crippen LogP contribution in [-0.4, -0.2) is 4.98 Å². The third kappa shape index (κ3) is 1.55. The summed E-state index contributed by atoms with van der Waals surface area (Å²) in [5.41, 5.74) is 3.39. The van der Waals surface area contributed by atoms with E-state index >= 15 is 0 Å². The van der Waals surface area contributed by atoms with Gasteiger partial charge in [0.25, 0.3) is 0 Å². The summed E-state index contributed by atoms with van der Waals surface area (Å²) in [6.07, 6.45) is 2.77. The number of halogens is 1. The Bertz CT molecular complexity index is 511. The number of nitrogens with zero attached hydrogens (tertiary/aromatic N) is 1. The first kappa shape index (κ1) is 9.67. The lowest BCUT2D eigenvalue weighted by molar-refractivity contribution is 0.788. The highest BCUT2D eigenvalue weighted by atomic mass is 35.5. The van der Waals surface area contributed by atoms with Crippen molar-refractivity contribution < 1.29 is 0 Å². The van der Waals surface area contributed by atoms with Gasteiger partial charge in [0, 0.05) is 12.6 Å². The van der Waals surface area contributed by atoms with Gasteiger partial charge in [-0.15, -0.1) is 0 Å². The van der Waals surface area contributed by atoms with Gasteiger partial charge in [0.15, 0.2) is 0 Å². The number of hydrogen-bond acceptors (Lipinski definition) is 2. The zero-order chi connectivity index (χ0) is 11.0. The largest absolute Gasteiger partial charge is 0.375 e. The van der Waals surface area contributed by atoms with Gasteiger partial charge in [-0.1, -0.05) is 29.8 Å². The zero-order valence-corrected chi connectivity index (χ0v) is 9.41. The molecule has 2 aromatic rings. The zero-order valence-electron chi connectivity index (χ0n) is 8.65. The minimum absolute atomic E-state index is 0.246. The van der Waals surface area contributed by atoms with Crippen molar-refractivity contribution in [1.82, 2.24) is 4.98 Å². The smallest absolute Gasteiger partial charge is 0.0726 e. The van der Waals surface area contributed by atoms with E-state index in [2.05, 4.69) is 16.4 Å². The molecule has 3 rings (SSSR count). The number of rotatable bonds is 1. The molecule has 2 nitrogen and oxygen atoms in total. The monoisotopic (exact) mass is 230 g/mol. The molecule has 0 bridgehead atoms. The van der Waals surface area contributed by atoms with Crippen molar-refractivity contribution in [3.05, 3.63) is 58.9 Å². The standard InChI is InChI=1S/C13H11ClN2/c14-10-5-3-4-9-8-12(16-13(9)10)11-6-1-2-7-15-11/h1-7,12,16H,8H2. The molecular weight excluding hydrogens is 220 g/mol. The summed E-state index contributed by atoms with van der Waals surface area (Å²) in [5.74, 6) is 0. The Morgan fingerprint density at radius 2 is 2.12 bits per heavy atom. The van der Waals surface area contributed by atoms with Crippen molar-refractivity contribution in [2.75, 3.05) is 5.32 Å². The van der Waals surface area contributed by atoms with E-state index in [0.717, 1.165) is 22.8 Å². The first-order valence-electron chi connectivity index (χ1n) is 5.29. The van der Waals surface area contributed by atoms with Gasteiger partial charge in [-0.2, -0.15) is 0 Å². The minimum Gasteiger partial charge on any atom is -0.375 e. The number of aromatic nitrogens is 1. The Balaban J connectivity index is 1.94. The molecule has 0 saturated carbocycles. The normalized spacial score (nSPS) is 17.9. The molecule has 0 amide bonds. The highest BCUT2D eigenvalue weighted by Gasteiger charge is 2.24. The molecular formula is C13H11ClN2. The quantitative estimate of drug-likeness (QED) is 0.812. The molecule has 1 aromatic heterocycles. The number of hydrogen-bond donors (Lipinski definition) is 1. The van der Waals surface area contributed by atoms with Crippen LogP contribution in [0.2, 0.25) is 5.02 Å². The third-order valence-corrected chi connectivity index (χ3v) is 3.20. The van der Waals surface area contributed by atoms with E-state index < -0.39 is 0 Å². The van der Waals surface area contributed by atoms with Crippen LogP contribution in [-0.2, 0) is 6.42 Å². The second-order valence-electron chi connectivity index (χ2n) is 3.93. The summed E-state index contributed by atoms with van der Waals surface area (Å²) >= 11 is 6.14. The average Bonchev–Trinajstić information content (AvgIpc) is 2.76. The van der Waals surface area contributed by atoms with Crippen molar-refractivity contribution in [2.24, 2.45) is 0 Å². The highest BCUT2D eigenvalue weighted by Crippen LogP contribution is 2.37. The summed E-state index contributed by atoms with van der Waals surface area (Å²) < 4.78 is 0. The fraction of sp³-hybridized carbons (Fsp3) is 0.154. The number of para-hydroxylation sites is 1. The average molecular weight is 231 g/mol. The summed E-state index contributed by atoms with van der Waals surface area (Å²) in [5, 5.41) is 4.21. The molecule has 80 valence electrons. The Labute approximate surface area is 99.3 Å². The predicted octanol–water partition coefficient (Wildman–Crippen LogP) is 3.44. The van der Waals surface area contributed by atoms with Crippen molar-refractivity contribution in [1.29, 1.82) is 0 Å². The van der Waals surface area contributed by atoms with Gasteiger partial charge in [0.2, 0.25) is 0 Å². The Hall–Kier alpha value is -1.54. The Morgan fingerprint density at radius 1 is 1.19 bits per heavy atom. The Kier molecular flexibility index (Phi) is 2.29. The summed E-state index contributed by atoms with van der Waals surface area (Å²) in [4.78, 5) is 4.37. The van der Waals surface area contributed by atoms with Crippen LogP contribution in [0, 0.1) is 0 Å². The summed E-state index contributed by atoms with van der Waals surface area (Å²) in [6, 6.07) is 12.2. The van der Waals surface area contributed by atoms with Crippen LogP contribution in [0.1, 0.15) is 17.3 Å².